The average molecular weight is 393 g/mol. The van der Waals surface area contributed by atoms with E-state index in [-0.39, 0.29) is 11.0 Å². The molecular weight excluding hydrogens is 372 g/mol. The number of esters is 1. The number of anilines is 2. The van der Waals surface area contributed by atoms with Gasteiger partial charge in [-0.05, 0) is 43.3 Å². The summed E-state index contributed by atoms with van der Waals surface area (Å²) in [7, 11) is 4.61. The number of ether oxygens (including phenoxy) is 1. The number of carbonyl (C=O) groups is 2. The van der Waals surface area contributed by atoms with Crippen molar-refractivity contribution in [1.82, 2.24) is 9.88 Å². The average Bonchev–Trinajstić information content (AvgIpc) is 2.91. The number of hydrogen-bond donors (Lipinski definition) is 2. The van der Waals surface area contributed by atoms with Gasteiger partial charge in [0, 0.05) is 20.3 Å². The van der Waals surface area contributed by atoms with Gasteiger partial charge in [0.05, 0.1) is 17.6 Å². The van der Waals surface area contributed by atoms with Gasteiger partial charge in [-0.25, -0.2) is 9.78 Å². The fourth-order valence-electron chi connectivity index (χ4n) is 2.21. The van der Waals surface area contributed by atoms with Crippen LogP contribution < -0.4 is 10.6 Å². The van der Waals surface area contributed by atoms with Crippen LogP contribution in [0.4, 0.5) is 10.8 Å². The molecule has 0 aliphatic carbocycles. The van der Waals surface area contributed by atoms with Crippen molar-refractivity contribution in [2.45, 2.75) is 13.8 Å². The van der Waals surface area contributed by atoms with Crippen molar-refractivity contribution in [3.8, 4) is 0 Å². The van der Waals surface area contributed by atoms with Gasteiger partial charge in [-0.3, -0.25) is 4.79 Å². The zero-order valence-corrected chi connectivity index (χ0v) is 16.8. The molecule has 0 spiro atoms. The number of nitrogens with one attached hydrogen (secondary N) is 2. The molecule has 2 heterocycles. The van der Waals surface area contributed by atoms with Crippen LogP contribution in [0, 0.1) is 13.8 Å². The number of pyridine rings is 1. The quantitative estimate of drug-likeness (QED) is 0.611. The van der Waals surface area contributed by atoms with Gasteiger partial charge in [-0.15, -0.1) is 11.3 Å². The maximum Gasteiger partial charge on any atom is 0.341 e. The van der Waals surface area contributed by atoms with Crippen LogP contribution in [-0.2, 0) is 4.74 Å². The normalized spacial score (nSPS) is 10.2. The van der Waals surface area contributed by atoms with Crippen LogP contribution in [-0.4, -0.2) is 48.1 Å². The van der Waals surface area contributed by atoms with Crippen LogP contribution >= 0.6 is 23.6 Å². The maximum atomic E-state index is 12.4. The summed E-state index contributed by atoms with van der Waals surface area (Å²) in [6, 6.07) is 3.73. The number of aromatic nitrogens is 1. The fraction of sp³-hybridized carbons (Fsp3) is 0.294. The van der Waals surface area contributed by atoms with E-state index in [1.54, 1.807) is 27.2 Å². The predicted molar refractivity (Wildman–Crippen MR) is 107 cm³/mol. The molecule has 0 aliphatic rings. The smallest absolute Gasteiger partial charge is 0.341 e. The lowest BCUT2D eigenvalue weighted by Gasteiger charge is -2.11. The molecule has 0 saturated heterocycles. The van der Waals surface area contributed by atoms with Crippen molar-refractivity contribution in [2.75, 3.05) is 31.8 Å². The van der Waals surface area contributed by atoms with E-state index in [1.165, 1.54) is 12.0 Å². The topological polar surface area (TPSA) is 83.6 Å². The molecule has 1 amide bonds. The van der Waals surface area contributed by atoms with Crippen molar-refractivity contribution < 1.29 is 14.3 Å². The number of aryl methyl sites for hydroxylation is 1. The maximum absolute atomic E-state index is 12.4. The Hall–Kier alpha value is -2.52. The molecule has 2 aromatic heterocycles. The van der Waals surface area contributed by atoms with Gasteiger partial charge in [0.25, 0.3) is 5.91 Å². The summed E-state index contributed by atoms with van der Waals surface area (Å²) in [5.41, 5.74) is 1.78. The molecule has 9 heteroatoms. The molecule has 7 nitrogen and oxygen atoms in total. The summed E-state index contributed by atoms with van der Waals surface area (Å²) in [5, 5.41) is 6.69. The summed E-state index contributed by atoms with van der Waals surface area (Å²) < 4.78 is 4.86. The van der Waals surface area contributed by atoms with Gasteiger partial charge < -0.3 is 20.3 Å². The number of thiocarbonyl (C=S) groups is 1. The third-order valence-corrected chi connectivity index (χ3v) is 5.00. The van der Waals surface area contributed by atoms with Crippen molar-refractivity contribution in [3.05, 3.63) is 39.9 Å². The summed E-state index contributed by atoms with van der Waals surface area (Å²) in [4.78, 5) is 30.7. The molecule has 0 atom stereocenters. The molecule has 0 radical (unpaired) electrons. The van der Waals surface area contributed by atoms with E-state index in [0.717, 1.165) is 16.9 Å². The molecule has 0 fully saturated rings. The Morgan fingerprint density at radius 3 is 2.54 bits per heavy atom. The van der Waals surface area contributed by atoms with Gasteiger partial charge in [0.2, 0.25) is 0 Å². The van der Waals surface area contributed by atoms with E-state index >= 15 is 0 Å². The zero-order valence-electron chi connectivity index (χ0n) is 15.2. The third-order valence-electron chi connectivity index (χ3n) is 3.61. The molecule has 0 aliphatic heterocycles. The first-order valence-corrected chi connectivity index (χ1v) is 8.91. The van der Waals surface area contributed by atoms with E-state index < -0.39 is 5.97 Å². The van der Waals surface area contributed by atoms with E-state index in [0.29, 0.717) is 26.8 Å². The first kappa shape index (κ1) is 19.8. The van der Waals surface area contributed by atoms with Gasteiger partial charge in [-0.2, -0.15) is 0 Å². The summed E-state index contributed by atoms with van der Waals surface area (Å²) >= 11 is 6.49. The standard InChI is InChI=1S/C17H20N4O3S2/c1-9-7-6-8-18-13(9)19-17(25)20-14-11(16(23)24-5)10(2)12(26-14)15(22)21(3)4/h6-8H,1-5H3,(H2,18,19,20,25). The fourth-order valence-corrected chi connectivity index (χ4v) is 3.70. The number of methoxy groups -OCH3 is 1. The molecule has 2 aromatic rings. The largest absolute Gasteiger partial charge is 0.465 e. The van der Waals surface area contributed by atoms with E-state index in [1.807, 2.05) is 19.1 Å². The van der Waals surface area contributed by atoms with Crippen LogP contribution in [0.25, 0.3) is 0 Å². The number of carbonyl (C=O) groups excluding carboxylic acids is 2. The molecule has 138 valence electrons. The minimum Gasteiger partial charge on any atom is -0.465 e. The second-order valence-corrected chi connectivity index (χ2v) is 7.13. The second kappa shape index (κ2) is 8.24. The predicted octanol–water partition coefficient (Wildman–Crippen LogP) is 3.06. The summed E-state index contributed by atoms with van der Waals surface area (Å²) in [6.45, 7) is 3.62. The van der Waals surface area contributed by atoms with Crippen LogP contribution in [0.5, 0.6) is 0 Å². The van der Waals surface area contributed by atoms with Crippen LogP contribution in [0.15, 0.2) is 18.3 Å². The second-order valence-electron chi connectivity index (χ2n) is 5.70. The number of hydrogen-bond acceptors (Lipinski definition) is 6. The minimum absolute atomic E-state index is 0.190. The number of thiophene rings is 1. The van der Waals surface area contributed by atoms with Crippen molar-refractivity contribution >= 4 is 51.4 Å². The Morgan fingerprint density at radius 2 is 1.96 bits per heavy atom. The highest BCUT2D eigenvalue weighted by Crippen LogP contribution is 2.34. The number of nitrogens with zero attached hydrogens (tertiary/aromatic N) is 2. The van der Waals surface area contributed by atoms with Crippen LogP contribution in [0.1, 0.15) is 31.2 Å². The van der Waals surface area contributed by atoms with Crippen LogP contribution in [0.2, 0.25) is 0 Å². The molecule has 0 saturated carbocycles. The van der Waals surface area contributed by atoms with Gasteiger partial charge in [-0.1, -0.05) is 6.07 Å². The highest BCUT2D eigenvalue weighted by molar-refractivity contribution is 7.80. The highest BCUT2D eigenvalue weighted by atomic mass is 32.1. The lowest BCUT2D eigenvalue weighted by Crippen LogP contribution is -2.21. The molecule has 0 unspecified atom stereocenters. The van der Waals surface area contributed by atoms with E-state index in [2.05, 4.69) is 15.6 Å². The molecule has 0 bridgehead atoms. The monoisotopic (exact) mass is 392 g/mol. The Labute approximate surface area is 161 Å². The Bertz CT molecular complexity index is 862. The molecule has 2 rings (SSSR count). The molecule has 0 aromatic carbocycles. The van der Waals surface area contributed by atoms with Gasteiger partial charge in [0.15, 0.2) is 5.11 Å². The number of amides is 1. The number of rotatable bonds is 4. The first-order chi connectivity index (χ1) is 12.3. The highest BCUT2D eigenvalue weighted by Gasteiger charge is 2.26. The lowest BCUT2D eigenvalue weighted by molar-refractivity contribution is 0.0601. The summed E-state index contributed by atoms with van der Waals surface area (Å²) in [5.74, 6) is -0.108. The van der Waals surface area contributed by atoms with E-state index in [4.69, 9.17) is 17.0 Å². The zero-order chi connectivity index (χ0) is 19.4. The third kappa shape index (κ3) is 4.17. The minimum atomic E-state index is -0.532. The lowest BCUT2D eigenvalue weighted by atomic mass is 10.1. The van der Waals surface area contributed by atoms with Crippen molar-refractivity contribution in [1.29, 1.82) is 0 Å². The molecular formula is C17H20N4O3S2. The Kier molecular flexibility index (Phi) is 6.27. The van der Waals surface area contributed by atoms with Gasteiger partial charge >= 0.3 is 5.97 Å². The van der Waals surface area contributed by atoms with Crippen molar-refractivity contribution in [3.63, 3.8) is 0 Å². The SMILES string of the molecule is COC(=O)c1c(NC(=S)Nc2ncccc2C)sc(C(=O)N(C)C)c1C. The van der Waals surface area contributed by atoms with Crippen molar-refractivity contribution in [2.24, 2.45) is 0 Å². The Morgan fingerprint density at radius 1 is 1.27 bits per heavy atom. The Balaban J connectivity index is 2.34. The first-order valence-electron chi connectivity index (χ1n) is 7.69. The van der Waals surface area contributed by atoms with E-state index in [9.17, 15) is 9.59 Å². The molecule has 26 heavy (non-hydrogen) atoms. The molecule has 2 N–H and O–H groups in total. The summed E-state index contributed by atoms with van der Waals surface area (Å²) in [6.07, 6.45) is 1.65. The van der Waals surface area contributed by atoms with Gasteiger partial charge in [0.1, 0.15) is 10.8 Å². The van der Waals surface area contributed by atoms with Crippen LogP contribution in [0.3, 0.4) is 0 Å².